The van der Waals surface area contributed by atoms with Gasteiger partial charge in [0.1, 0.15) is 0 Å². The fraction of sp³-hybridized carbons (Fsp3) is 0.278. The van der Waals surface area contributed by atoms with Gasteiger partial charge in [-0.25, -0.2) is 0 Å². The van der Waals surface area contributed by atoms with Crippen molar-refractivity contribution in [1.82, 2.24) is 5.32 Å². The summed E-state index contributed by atoms with van der Waals surface area (Å²) in [5.74, 6) is 0. The third kappa shape index (κ3) is 3.68. The maximum atomic E-state index is 8.94. The van der Waals surface area contributed by atoms with Gasteiger partial charge in [-0.2, -0.15) is 5.26 Å². The van der Waals surface area contributed by atoms with E-state index in [2.05, 4.69) is 62.5 Å². The molecule has 0 radical (unpaired) electrons. The molecule has 3 rings (SSSR count). The summed E-state index contributed by atoms with van der Waals surface area (Å²) < 4.78 is 1.11. The van der Waals surface area contributed by atoms with Gasteiger partial charge in [0.05, 0.1) is 11.6 Å². The number of nitrogens with zero attached hydrogens (tertiary/aromatic N) is 2. The third-order valence-corrected chi connectivity index (χ3v) is 4.56. The molecule has 1 heterocycles. The zero-order valence-corrected chi connectivity index (χ0v) is 13.9. The van der Waals surface area contributed by atoms with E-state index in [1.165, 1.54) is 11.3 Å². The van der Waals surface area contributed by atoms with Gasteiger partial charge >= 0.3 is 0 Å². The number of benzene rings is 2. The highest BCUT2D eigenvalue weighted by Gasteiger charge is 2.22. The van der Waals surface area contributed by atoms with Gasteiger partial charge < -0.3 is 10.2 Å². The van der Waals surface area contributed by atoms with Gasteiger partial charge in [-0.05, 0) is 48.4 Å². The molecule has 2 aromatic carbocycles. The smallest absolute Gasteiger partial charge is 0.0991 e. The molecule has 4 heteroatoms. The van der Waals surface area contributed by atoms with Gasteiger partial charge in [0.15, 0.2) is 0 Å². The van der Waals surface area contributed by atoms with Crippen molar-refractivity contribution in [3.63, 3.8) is 0 Å². The molecule has 1 aliphatic rings. The fourth-order valence-electron chi connectivity index (χ4n) is 2.83. The first-order valence-corrected chi connectivity index (χ1v) is 8.27. The van der Waals surface area contributed by atoms with Crippen LogP contribution < -0.4 is 10.2 Å². The van der Waals surface area contributed by atoms with Crippen LogP contribution in [0.25, 0.3) is 0 Å². The molecular weight excluding hydrogens is 338 g/mol. The molecule has 0 amide bonds. The second-order valence-corrected chi connectivity index (χ2v) is 6.52. The van der Waals surface area contributed by atoms with Crippen LogP contribution in [0.3, 0.4) is 0 Å². The van der Waals surface area contributed by atoms with E-state index in [-0.39, 0.29) is 0 Å². The number of nitrogens with one attached hydrogen (secondary N) is 1. The second-order valence-electron chi connectivity index (χ2n) is 5.60. The molecule has 0 aromatic heterocycles. The van der Waals surface area contributed by atoms with E-state index in [1.807, 2.05) is 18.2 Å². The minimum atomic E-state index is 0.495. The summed E-state index contributed by atoms with van der Waals surface area (Å²) in [6, 6.07) is 19.0. The van der Waals surface area contributed by atoms with E-state index in [9.17, 15) is 0 Å². The molecule has 3 nitrogen and oxygen atoms in total. The van der Waals surface area contributed by atoms with Crippen LogP contribution in [0, 0.1) is 11.3 Å². The van der Waals surface area contributed by atoms with Crippen LogP contribution >= 0.6 is 15.9 Å². The Morgan fingerprint density at radius 2 is 2.05 bits per heavy atom. The largest absolute Gasteiger partial charge is 0.370 e. The Kier molecular flexibility index (Phi) is 4.77. The van der Waals surface area contributed by atoms with Crippen molar-refractivity contribution in [3.05, 3.63) is 64.1 Å². The molecule has 0 saturated carbocycles. The summed E-state index contributed by atoms with van der Waals surface area (Å²) in [6.07, 6.45) is 1.15. The average Bonchev–Trinajstić information content (AvgIpc) is 3.03. The summed E-state index contributed by atoms with van der Waals surface area (Å²) >= 11 is 3.47. The Morgan fingerprint density at radius 1 is 1.23 bits per heavy atom. The molecule has 1 fully saturated rings. The van der Waals surface area contributed by atoms with Crippen molar-refractivity contribution in [2.75, 3.05) is 18.0 Å². The number of halogens is 1. The molecule has 2 aromatic rings. The van der Waals surface area contributed by atoms with Crippen LogP contribution in [0.15, 0.2) is 53.0 Å². The Hall–Kier alpha value is -1.83. The first-order chi connectivity index (χ1) is 10.7. The zero-order chi connectivity index (χ0) is 15.4. The van der Waals surface area contributed by atoms with Gasteiger partial charge in [-0.3, -0.25) is 0 Å². The monoisotopic (exact) mass is 355 g/mol. The lowest BCUT2D eigenvalue weighted by Crippen LogP contribution is -2.32. The molecular formula is C18H18BrN3. The Morgan fingerprint density at radius 3 is 2.82 bits per heavy atom. The predicted molar refractivity (Wildman–Crippen MR) is 92.8 cm³/mol. The third-order valence-electron chi connectivity index (χ3n) is 4.03. The molecule has 0 aliphatic carbocycles. The Balaban J connectivity index is 1.55. The van der Waals surface area contributed by atoms with E-state index < -0.39 is 0 Å². The second kappa shape index (κ2) is 6.95. The summed E-state index contributed by atoms with van der Waals surface area (Å²) in [5.41, 5.74) is 3.17. The molecule has 112 valence electrons. The lowest BCUT2D eigenvalue weighted by Gasteiger charge is -2.19. The summed E-state index contributed by atoms with van der Waals surface area (Å²) in [6.45, 7) is 2.92. The van der Waals surface area contributed by atoms with Crippen LogP contribution in [0.1, 0.15) is 17.5 Å². The summed E-state index contributed by atoms with van der Waals surface area (Å²) in [5, 5.41) is 12.5. The van der Waals surface area contributed by atoms with Crippen molar-refractivity contribution in [2.24, 2.45) is 0 Å². The molecule has 0 spiro atoms. The number of rotatable bonds is 4. The van der Waals surface area contributed by atoms with Crippen molar-refractivity contribution in [1.29, 1.82) is 5.26 Å². The van der Waals surface area contributed by atoms with Gasteiger partial charge in [-0.15, -0.1) is 0 Å². The first-order valence-electron chi connectivity index (χ1n) is 7.47. The molecule has 1 saturated heterocycles. The minimum absolute atomic E-state index is 0.495. The van der Waals surface area contributed by atoms with E-state index in [1.54, 1.807) is 0 Å². The average molecular weight is 356 g/mol. The predicted octanol–water partition coefficient (Wildman–Crippen LogP) is 3.69. The normalized spacial score (nSPS) is 17.5. The van der Waals surface area contributed by atoms with E-state index in [0.29, 0.717) is 6.04 Å². The van der Waals surface area contributed by atoms with Gasteiger partial charge in [-0.1, -0.05) is 28.1 Å². The molecule has 1 unspecified atom stereocenters. The highest BCUT2D eigenvalue weighted by atomic mass is 79.9. The van der Waals surface area contributed by atoms with Crippen molar-refractivity contribution < 1.29 is 0 Å². The Labute approximate surface area is 139 Å². The SMILES string of the molecule is N#Cc1cccc(CNC2CCN(c3ccc(Br)cc3)C2)c1. The number of anilines is 1. The maximum Gasteiger partial charge on any atom is 0.0991 e. The molecule has 1 aliphatic heterocycles. The first kappa shape index (κ1) is 15.1. The van der Waals surface area contributed by atoms with E-state index >= 15 is 0 Å². The van der Waals surface area contributed by atoms with Crippen LogP contribution in [-0.4, -0.2) is 19.1 Å². The summed E-state index contributed by atoms with van der Waals surface area (Å²) in [4.78, 5) is 2.41. The quantitative estimate of drug-likeness (QED) is 0.908. The molecule has 1 N–H and O–H groups in total. The van der Waals surface area contributed by atoms with Crippen molar-refractivity contribution >= 4 is 21.6 Å². The van der Waals surface area contributed by atoms with Gasteiger partial charge in [0, 0.05) is 35.8 Å². The van der Waals surface area contributed by atoms with Crippen LogP contribution in [0.5, 0.6) is 0 Å². The standard InChI is InChI=1S/C18H18BrN3/c19-16-4-6-18(7-5-16)22-9-8-17(13-22)21-12-15-3-1-2-14(10-15)11-20/h1-7,10,17,21H,8-9,12-13H2. The Bertz CT molecular complexity index is 675. The maximum absolute atomic E-state index is 8.94. The zero-order valence-electron chi connectivity index (χ0n) is 12.3. The van der Waals surface area contributed by atoms with Gasteiger partial charge in [0.25, 0.3) is 0 Å². The topological polar surface area (TPSA) is 39.1 Å². The fourth-order valence-corrected chi connectivity index (χ4v) is 3.09. The molecule has 1 atom stereocenters. The lowest BCUT2D eigenvalue weighted by atomic mass is 10.1. The highest BCUT2D eigenvalue weighted by molar-refractivity contribution is 9.10. The highest BCUT2D eigenvalue weighted by Crippen LogP contribution is 2.22. The van der Waals surface area contributed by atoms with Crippen LogP contribution in [0.4, 0.5) is 5.69 Å². The van der Waals surface area contributed by atoms with E-state index in [0.717, 1.165) is 36.1 Å². The summed E-state index contributed by atoms with van der Waals surface area (Å²) in [7, 11) is 0. The van der Waals surface area contributed by atoms with Crippen molar-refractivity contribution in [2.45, 2.75) is 19.0 Å². The van der Waals surface area contributed by atoms with Crippen LogP contribution in [0.2, 0.25) is 0 Å². The number of hydrogen-bond acceptors (Lipinski definition) is 3. The number of nitriles is 1. The lowest BCUT2D eigenvalue weighted by molar-refractivity contribution is 0.551. The van der Waals surface area contributed by atoms with Crippen LogP contribution in [-0.2, 0) is 6.54 Å². The van der Waals surface area contributed by atoms with Gasteiger partial charge in [0.2, 0.25) is 0 Å². The molecule has 0 bridgehead atoms. The van der Waals surface area contributed by atoms with Crippen molar-refractivity contribution in [3.8, 4) is 6.07 Å². The molecule has 22 heavy (non-hydrogen) atoms. The van der Waals surface area contributed by atoms with E-state index in [4.69, 9.17) is 5.26 Å². The minimum Gasteiger partial charge on any atom is -0.370 e. The number of hydrogen-bond donors (Lipinski definition) is 1.